The van der Waals surface area contributed by atoms with Crippen LogP contribution in [-0.2, 0) is 9.59 Å². The molecule has 0 radical (unpaired) electrons. The maximum atomic E-state index is 11.7. The average molecular weight is 285 g/mol. The summed E-state index contributed by atoms with van der Waals surface area (Å²) in [5, 5.41) is 11.8. The first-order valence-corrected chi connectivity index (χ1v) is 7.47. The van der Waals surface area contributed by atoms with Crippen LogP contribution in [0.25, 0.3) is 0 Å². The molecule has 1 amide bonds. The Labute approximate surface area is 121 Å². The Hall–Kier alpha value is -1.14. The molecule has 0 aromatic carbocycles. The highest BCUT2D eigenvalue weighted by molar-refractivity contribution is 5.78. The van der Waals surface area contributed by atoms with Crippen molar-refractivity contribution in [3.05, 3.63) is 0 Å². The number of hydrogen-bond donors (Lipinski definition) is 2. The Morgan fingerprint density at radius 2 is 1.80 bits per heavy atom. The van der Waals surface area contributed by atoms with E-state index in [2.05, 4.69) is 22.0 Å². The maximum absolute atomic E-state index is 11.7. The van der Waals surface area contributed by atoms with Gasteiger partial charge in [-0.2, -0.15) is 0 Å². The predicted octanol–water partition coefficient (Wildman–Crippen LogP) is 0.241. The standard InChI is InChI=1S/C14H27N3O3/c1-3-4-5-15-13(18)11-17-8-6-16(7-9-17)10-12(2)14(19)20/h12H,3-11H2,1-2H3,(H,15,18)(H,19,20). The van der Waals surface area contributed by atoms with Crippen LogP contribution < -0.4 is 5.32 Å². The van der Waals surface area contributed by atoms with E-state index in [0.717, 1.165) is 45.6 Å². The minimum absolute atomic E-state index is 0.0887. The molecule has 1 atom stereocenters. The molecule has 1 aliphatic heterocycles. The van der Waals surface area contributed by atoms with Gasteiger partial charge in [0.2, 0.25) is 5.91 Å². The summed E-state index contributed by atoms with van der Waals surface area (Å²) in [6.07, 6.45) is 2.10. The van der Waals surface area contributed by atoms with Crippen molar-refractivity contribution in [2.45, 2.75) is 26.7 Å². The zero-order valence-electron chi connectivity index (χ0n) is 12.6. The molecular weight excluding hydrogens is 258 g/mol. The Bertz CT molecular complexity index is 315. The molecule has 116 valence electrons. The van der Waals surface area contributed by atoms with Crippen LogP contribution >= 0.6 is 0 Å². The van der Waals surface area contributed by atoms with E-state index < -0.39 is 5.97 Å². The number of rotatable bonds is 8. The first-order valence-electron chi connectivity index (χ1n) is 7.47. The minimum Gasteiger partial charge on any atom is -0.481 e. The van der Waals surface area contributed by atoms with Crippen LogP contribution in [0.4, 0.5) is 0 Å². The summed E-state index contributed by atoms with van der Waals surface area (Å²) in [5.74, 6) is -0.993. The topological polar surface area (TPSA) is 72.9 Å². The predicted molar refractivity (Wildman–Crippen MR) is 77.6 cm³/mol. The van der Waals surface area contributed by atoms with Crippen LogP contribution in [0.1, 0.15) is 26.7 Å². The molecule has 0 aromatic heterocycles. The van der Waals surface area contributed by atoms with Crippen molar-refractivity contribution >= 4 is 11.9 Å². The molecule has 6 nitrogen and oxygen atoms in total. The molecular formula is C14H27N3O3. The number of nitrogens with one attached hydrogen (secondary N) is 1. The van der Waals surface area contributed by atoms with E-state index in [4.69, 9.17) is 5.11 Å². The molecule has 20 heavy (non-hydrogen) atoms. The van der Waals surface area contributed by atoms with Gasteiger partial charge in [0.05, 0.1) is 12.5 Å². The molecule has 0 saturated carbocycles. The molecule has 6 heteroatoms. The fourth-order valence-corrected chi connectivity index (χ4v) is 2.26. The van der Waals surface area contributed by atoms with E-state index in [0.29, 0.717) is 13.1 Å². The summed E-state index contributed by atoms with van der Waals surface area (Å²) in [5.41, 5.74) is 0. The summed E-state index contributed by atoms with van der Waals surface area (Å²) < 4.78 is 0. The fraction of sp³-hybridized carbons (Fsp3) is 0.857. The molecule has 1 fully saturated rings. The van der Waals surface area contributed by atoms with E-state index in [1.54, 1.807) is 6.92 Å². The fourth-order valence-electron chi connectivity index (χ4n) is 2.26. The zero-order valence-corrected chi connectivity index (χ0v) is 12.6. The van der Waals surface area contributed by atoms with E-state index in [9.17, 15) is 9.59 Å². The molecule has 0 spiro atoms. The molecule has 1 aliphatic rings. The minimum atomic E-state index is -0.747. The summed E-state index contributed by atoms with van der Waals surface area (Å²) in [4.78, 5) is 26.8. The second-order valence-electron chi connectivity index (χ2n) is 5.52. The van der Waals surface area contributed by atoms with Crippen LogP contribution in [0.2, 0.25) is 0 Å². The van der Waals surface area contributed by atoms with Crippen molar-refractivity contribution in [1.82, 2.24) is 15.1 Å². The molecule has 1 rings (SSSR count). The lowest BCUT2D eigenvalue weighted by molar-refractivity contribution is -0.141. The highest BCUT2D eigenvalue weighted by Crippen LogP contribution is 2.05. The Morgan fingerprint density at radius 1 is 1.20 bits per heavy atom. The largest absolute Gasteiger partial charge is 0.481 e. The van der Waals surface area contributed by atoms with Crippen LogP contribution in [0.15, 0.2) is 0 Å². The number of unbranched alkanes of at least 4 members (excludes halogenated alkanes) is 1. The highest BCUT2D eigenvalue weighted by atomic mass is 16.4. The van der Waals surface area contributed by atoms with E-state index in [1.165, 1.54) is 0 Å². The maximum Gasteiger partial charge on any atom is 0.307 e. The molecule has 0 aromatic rings. The first kappa shape index (κ1) is 16.9. The smallest absolute Gasteiger partial charge is 0.307 e. The second kappa shape index (κ2) is 8.92. The Kier molecular flexibility index (Phi) is 7.54. The van der Waals surface area contributed by atoms with Gasteiger partial charge in [0.25, 0.3) is 0 Å². The van der Waals surface area contributed by atoms with Crippen molar-refractivity contribution in [1.29, 1.82) is 0 Å². The monoisotopic (exact) mass is 285 g/mol. The SMILES string of the molecule is CCCCNC(=O)CN1CCN(CC(C)C(=O)O)CC1. The number of nitrogens with zero attached hydrogens (tertiary/aromatic N) is 2. The molecule has 2 N–H and O–H groups in total. The number of carboxylic acid groups (broad SMARTS) is 1. The number of carbonyl (C=O) groups excluding carboxylic acids is 1. The van der Waals surface area contributed by atoms with Gasteiger partial charge in [-0.3, -0.25) is 19.4 Å². The van der Waals surface area contributed by atoms with Crippen LogP contribution in [-0.4, -0.2) is 72.6 Å². The quantitative estimate of drug-likeness (QED) is 0.625. The average Bonchev–Trinajstić information content (AvgIpc) is 2.41. The third-order valence-corrected chi connectivity index (χ3v) is 3.64. The van der Waals surface area contributed by atoms with Gasteiger partial charge >= 0.3 is 5.97 Å². The van der Waals surface area contributed by atoms with E-state index >= 15 is 0 Å². The summed E-state index contributed by atoms with van der Waals surface area (Å²) >= 11 is 0. The third-order valence-electron chi connectivity index (χ3n) is 3.64. The van der Waals surface area contributed by atoms with Gasteiger partial charge in [0.1, 0.15) is 0 Å². The van der Waals surface area contributed by atoms with Crippen molar-refractivity contribution < 1.29 is 14.7 Å². The van der Waals surface area contributed by atoms with Gasteiger partial charge in [-0.25, -0.2) is 0 Å². The van der Waals surface area contributed by atoms with Gasteiger partial charge in [-0.15, -0.1) is 0 Å². The van der Waals surface area contributed by atoms with Gasteiger partial charge in [-0.1, -0.05) is 20.3 Å². The van der Waals surface area contributed by atoms with Crippen LogP contribution in [0, 0.1) is 5.92 Å². The van der Waals surface area contributed by atoms with Gasteiger partial charge in [0, 0.05) is 39.3 Å². The molecule has 1 heterocycles. The normalized spacial score (nSPS) is 18.7. The van der Waals surface area contributed by atoms with Gasteiger partial charge in [-0.05, 0) is 6.42 Å². The number of carboxylic acids is 1. The van der Waals surface area contributed by atoms with Crippen molar-refractivity contribution in [2.75, 3.05) is 45.8 Å². The molecule has 0 bridgehead atoms. The number of piperazine rings is 1. The number of aliphatic carboxylic acids is 1. The molecule has 0 aliphatic carbocycles. The second-order valence-corrected chi connectivity index (χ2v) is 5.52. The van der Waals surface area contributed by atoms with Gasteiger partial charge in [0.15, 0.2) is 0 Å². The Morgan fingerprint density at radius 3 is 2.35 bits per heavy atom. The summed E-state index contributed by atoms with van der Waals surface area (Å²) in [6.45, 7) is 8.95. The lowest BCUT2D eigenvalue weighted by atomic mass is 10.1. The number of amides is 1. The first-order chi connectivity index (χ1) is 9.52. The van der Waals surface area contributed by atoms with Crippen LogP contribution in [0.3, 0.4) is 0 Å². The third kappa shape index (κ3) is 6.34. The van der Waals surface area contributed by atoms with E-state index in [1.807, 2.05) is 0 Å². The summed E-state index contributed by atoms with van der Waals surface area (Å²) in [6, 6.07) is 0. The van der Waals surface area contributed by atoms with E-state index in [-0.39, 0.29) is 11.8 Å². The zero-order chi connectivity index (χ0) is 15.0. The van der Waals surface area contributed by atoms with Crippen molar-refractivity contribution in [3.8, 4) is 0 Å². The molecule has 1 saturated heterocycles. The highest BCUT2D eigenvalue weighted by Gasteiger charge is 2.22. The van der Waals surface area contributed by atoms with Crippen LogP contribution in [0.5, 0.6) is 0 Å². The Balaban J connectivity index is 2.18. The summed E-state index contributed by atoms with van der Waals surface area (Å²) in [7, 11) is 0. The van der Waals surface area contributed by atoms with Crippen molar-refractivity contribution in [3.63, 3.8) is 0 Å². The lowest BCUT2D eigenvalue weighted by Crippen LogP contribution is -2.50. The number of carbonyl (C=O) groups is 2. The lowest BCUT2D eigenvalue weighted by Gasteiger charge is -2.34. The number of hydrogen-bond acceptors (Lipinski definition) is 4. The van der Waals surface area contributed by atoms with Crippen molar-refractivity contribution in [2.24, 2.45) is 5.92 Å². The molecule has 1 unspecified atom stereocenters. The van der Waals surface area contributed by atoms with Gasteiger partial charge < -0.3 is 10.4 Å².